The van der Waals surface area contributed by atoms with E-state index in [4.69, 9.17) is 83.2 Å². The van der Waals surface area contributed by atoms with Gasteiger partial charge in [-0.15, -0.1) is 23.2 Å². The first-order valence-electron chi connectivity index (χ1n) is 30.1. The normalized spacial score (nSPS) is 11.4. The van der Waals surface area contributed by atoms with Crippen LogP contribution in [0.1, 0.15) is 116 Å². The van der Waals surface area contributed by atoms with Gasteiger partial charge in [-0.25, -0.2) is 0 Å². The third-order valence-electron chi connectivity index (χ3n) is 13.4. The molecule has 7 amide bonds. The van der Waals surface area contributed by atoms with Crippen molar-refractivity contribution in [1.82, 2.24) is 37.2 Å². The maximum atomic E-state index is 12.8. The minimum absolute atomic E-state index is 0.0273. The number of nitriles is 1. The Kier molecular flexibility index (Phi) is 34.0. The molecule has 0 heterocycles. The lowest BCUT2D eigenvalue weighted by atomic mass is 10.0. The van der Waals surface area contributed by atoms with Crippen LogP contribution >= 0.6 is 58.0 Å². The molecule has 0 fully saturated rings. The SMILES string of the molecule is CNC(=O)C(Cc1ccc(C#N)cc1)NC(=O)c1ccc(OC(C)C)c(Cl)c1.CNC(=O)C(Cc1ccc(CN)cc1)NC(=O)c1ccc(OC(C)C)c(Cl)c1.CNC(=O)C(Cc1ccc(CNC(=O)c2ccccc2)cc1)NC(=O)c1ccc(OC(C)C)c(Cl)c1.ClCCl. The number of nitrogens with two attached hydrogens (primary N) is 1. The number of hydrogen-bond acceptors (Lipinski definition) is 12. The van der Waals surface area contributed by atoms with Crippen molar-refractivity contribution in [2.24, 2.45) is 5.73 Å². The molecule has 0 aliphatic heterocycles. The lowest BCUT2D eigenvalue weighted by Gasteiger charge is -2.18. The number of likely N-dealkylation sites (N-methyl/N-ethyl adjacent to an activating group) is 3. The van der Waals surface area contributed by atoms with Gasteiger partial charge in [0.05, 0.1) is 50.4 Å². The summed E-state index contributed by atoms with van der Waals surface area (Å²) in [5, 5.41) is 29.0. The zero-order chi connectivity index (χ0) is 70.1. The number of halogens is 5. The fraction of sp³-hybridized carbons (Fsp3) is 0.296. The van der Waals surface area contributed by atoms with Crippen LogP contribution in [-0.4, -0.2) is 104 Å². The fourth-order valence-corrected chi connectivity index (χ4v) is 9.43. The van der Waals surface area contributed by atoms with Crippen LogP contribution < -0.4 is 57.2 Å². The van der Waals surface area contributed by atoms with E-state index in [0.717, 1.165) is 27.8 Å². The molecule has 0 aliphatic carbocycles. The molecule has 0 aliphatic rings. The first-order chi connectivity index (χ1) is 45.3. The number of nitrogens with zero attached hydrogens (tertiary/aromatic N) is 1. The number of carbonyl (C=O) groups is 7. The molecule has 0 aromatic heterocycles. The lowest BCUT2D eigenvalue weighted by Crippen LogP contribution is -2.47. The van der Waals surface area contributed by atoms with Crippen LogP contribution in [0.4, 0.5) is 0 Å². The second-order valence-electron chi connectivity index (χ2n) is 21.8. The van der Waals surface area contributed by atoms with Crippen LogP contribution in [0.5, 0.6) is 17.2 Å². The summed E-state index contributed by atoms with van der Waals surface area (Å²) in [6, 6.07) is 45.1. The Morgan fingerprint density at radius 2 is 0.737 bits per heavy atom. The van der Waals surface area contributed by atoms with Crippen molar-refractivity contribution >= 4 is 99.4 Å². The van der Waals surface area contributed by atoms with Gasteiger partial charge >= 0.3 is 0 Å². The molecule has 3 unspecified atom stereocenters. The van der Waals surface area contributed by atoms with E-state index in [1.807, 2.05) is 114 Å². The first kappa shape index (κ1) is 78.6. The Balaban J connectivity index is 0.000000300. The molecule has 7 rings (SSSR count). The maximum absolute atomic E-state index is 12.8. The van der Waals surface area contributed by atoms with Gasteiger partial charge in [-0.3, -0.25) is 33.6 Å². The highest BCUT2D eigenvalue weighted by molar-refractivity contribution is 6.40. The van der Waals surface area contributed by atoms with Gasteiger partial charge < -0.3 is 57.2 Å². The monoisotopic (exact) mass is 1390 g/mol. The number of alkyl halides is 2. The fourth-order valence-electron chi connectivity index (χ4n) is 8.75. The maximum Gasteiger partial charge on any atom is 0.251 e. The molecule has 0 radical (unpaired) electrons. The third-order valence-corrected chi connectivity index (χ3v) is 14.3. The molecule has 9 N–H and O–H groups in total. The Bertz CT molecular complexity index is 3690. The average Bonchev–Trinajstić information content (AvgIpc) is 0.901. The Morgan fingerprint density at radius 3 is 1.02 bits per heavy atom. The second kappa shape index (κ2) is 41.1. The van der Waals surface area contributed by atoms with Crippen molar-refractivity contribution in [2.75, 3.05) is 26.5 Å². The molecule has 24 heteroatoms. The van der Waals surface area contributed by atoms with Crippen LogP contribution in [0.25, 0.3) is 0 Å². The van der Waals surface area contributed by atoms with Crippen LogP contribution in [0.3, 0.4) is 0 Å². The van der Waals surface area contributed by atoms with Gasteiger partial charge in [0.25, 0.3) is 23.6 Å². The summed E-state index contributed by atoms with van der Waals surface area (Å²) in [5.41, 5.74) is 12.3. The number of ether oxygens (including phenoxy) is 3. The summed E-state index contributed by atoms with van der Waals surface area (Å²) in [6.45, 7) is 12.2. The predicted molar refractivity (Wildman–Crippen MR) is 375 cm³/mol. The van der Waals surface area contributed by atoms with E-state index in [-0.39, 0.29) is 53.2 Å². The number of hydrogen-bond donors (Lipinski definition) is 8. The van der Waals surface area contributed by atoms with E-state index in [2.05, 4.69) is 37.2 Å². The van der Waals surface area contributed by atoms with Gasteiger partial charge in [0, 0.05) is 75.7 Å². The smallest absolute Gasteiger partial charge is 0.251 e. The van der Waals surface area contributed by atoms with E-state index < -0.39 is 29.9 Å². The van der Waals surface area contributed by atoms with Crippen LogP contribution in [-0.2, 0) is 46.7 Å². The number of nitrogens with one attached hydrogen (secondary N) is 7. The Hall–Kier alpha value is -8.87. The zero-order valence-corrected chi connectivity index (χ0v) is 58.0. The number of benzene rings is 7. The highest BCUT2D eigenvalue weighted by Gasteiger charge is 2.25. The molecule has 0 bridgehead atoms. The van der Waals surface area contributed by atoms with Crippen LogP contribution in [0, 0.1) is 11.3 Å². The van der Waals surface area contributed by atoms with E-state index >= 15 is 0 Å². The van der Waals surface area contributed by atoms with Crippen molar-refractivity contribution in [3.63, 3.8) is 0 Å². The highest BCUT2D eigenvalue weighted by atomic mass is 35.5. The standard InChI is InChI=1S/C28H30ClN3O4.C21H26ClN3O3.C21H22ClN3O3.CH2Cl2/c1-18(2)36-25-14-13-22(16-23(25)29)27(34)32-24(28(35)30-3)15-19-9-11-20(12-10-19)17-31-26(33)21-7-5-4-6-8-21;2*1-13(2)28-19-9-8-16(11-17(19)22)20(26)25-18(21(27)24-3)10-14-4-6-15(12-23)7-5-14;2-1-3/h4-14,16,18,24H,15,17H2,1-3H3,(H,30,35)(H,31,33)(H,32,34);4-9,11,13,18H,10,12,23H2,1-3H3,(H,24,27)(H,25,26);4-9,11,13,18H,10H2,1-3H3,(H,24,27)(H,25,26);1H2. The number of carbonyl (C=O) groups excluding carboxylic acids is 7. The molecule has 0 saturated heterocycles. The minimum Gasteiger partial charge on any atom is -0.489 e. The summed E-state index contributed by atoms with van der Waals surface area (Å²) in [6.07, 6.45) is 0.830. The molecule has 504 valence electrons. The molecular weight excluding hydrogens is 1320 g/mol. The summed E-state index contributed by atoms with van der Waals surface area (Å²) in [7, 11) is 4.57. The zero-order valence-electron chi connectivity index (χ0n) is 54.2. The molecule has 0 saturated carbocycles. The quantitative estimate of drug-likeness (QED) is 0.0248. The summed E-state index contributed by atoms with van der Waals surface area (Å²) in [5.74, 6) is -0.770. The summed E-state index contributed by atoms with van der Waals surface area (Å²) in [4.78, 5) is 87.3. The van der Waals surface area contributed by atoms with E-state index in [1.165, 1.54) is 39.3 Å². The molecule has 3 atom stereocenters. The van der Waals surface area contributed by atoms with Crippen molar-refractivity contribution in [2.45, 2.75) is 110 Å². The van der Waals surface area contributed by atoms with Gasteiger partial charge in [0.1, 0.15) is 35.4 Å². The van der Waals surface area contributed by atoms with Crippen molar-refractivity contribution in [3.05, 3.63) is 228 Å². The van der Waals surface area contributed by atoms with Gasteiger partial charge in [-0.2, -0.15) is 5.26 Å². The highest BCUT2D eigenvalue weighted by Crippen LogP contribution is 2.29. The topological polar surface area (TPSA) is 281 Å². The molecule has 7 aromatic carbocycles. The largest absolute Gasteiger partial charge is 0.489 e. The summed E-state index contributed by atoms with van der Waals surface area (Å²) < 4.78 is 16.7. The van der Waals surface area contributed by atoms with Crippen LogP contribution in [0.2, 0.25) is 15.1 Å². The lowest BCUT2D eigenvalue weighted by molar-refractivity contribution is -0.123. The van der Waals surface area contributed by atoms with Gasteiger partial charge in [-0.05, 0) is 148 Å². The Morgan fingerprint density at radius 1 is 0.432 bits per heavy atom. The average molecular weight is 1400 g/mol. The summed E-state index contributed by atoms with van der Waals surface area (Å²) >= 11 is 28.2. The van der Waals surface area contributed by atoms with Crippen LogP contribution in [0.15, 0.2) is 158 Å². The van der Waals surface area contributed by atoms with E-state index in [9.17, 15) is 33.6 Å². The van der Waals surface area contributed by atoms with E-state index in [0.29, 0.717) is 92.5 Å². The molecule has 7 aromatic rings. The molecular formula is C71H80Cl5N9O10. The van der Waals surface area contributed by atoms with Gasteiger partial charge in [0.15, 0.2) is 0 Å². The molecule has 19 nitrogen and oxygen atoms in total. The Labute approximate surface area is 580 Å². The van der Waals surface area contributed by atoms with Crippen molar-refractivity contribution in [3.8, 4) is 23.3 Å². The second-order valence-corrected chi connectivity index (χ2v) is 23.8. The van der Waals surface area contributed by atoms with Crippen molar-refractivity contribution < 1.29 is 47.8 Å². The van der Waals surface area contributed by atoms with Crippen molar-refractivity contribution in [1.29, 1.82) is 5.26 Å². The minimum atomic E-state index is -0.781. The molecule has 0 spiro atoms. The van der Waals surface area contributed by atoms with Gasteiger partial charge in [0.2, 0.25) is 17.7 Å². The molecule has 95 heavy (non-hydrogen) atoms. The van der Waals surface area contributed by atoms with Gasteiger partial charge in [-0.1, -0.05) is 114 Å². The predicted octanol–water partition coefficient (Wildman–Crippen LogP) is 11.3. The third kappa shape index (κ3) is 27.2. The number of rotatable bonds is 25. The van der Waals surface area contributed by atoms with E-state index in [1.54, 1.807) is 72.8 Å². The first-order valence-corrected chi connectivity index (χ1v) is 32.3. The number of amides is 7.